The molecule has 2 heterocycles. The predicted octanol–water partition coefficient (Wildman–Crippen LogP) is 2.85. The number of fused-ring (bicyclic) bond motifs is 2. The fourth-order valence-corrected chi connectivity index (χ4v) is 4.45. The molecule has 1 fully saturated rings. The first-order valence-corrected chi connectivity index (χ1v) is 10.4. The van der Waals surface area contributed by atoms with E-state index in [2.05, 4.69) is 10.3 Å². The molecule has 164 valence electrons. The Morgan fingerprint density at radius 1 is 1.26 bits per heavy atom. The van der Waals surface area contributed by atoms with Crippen LogP contribution in [0.15, 0.2) is 29.1 Å². The van der Waals surface area contributed by atoms with Crippen molar-refractivity contribution in [3.05, 3.63) is 40.1 Å². The van der Waals surface area contributed by atoms with Gasteiger partial charge in [0.25, 0.3) is 0 Å². The number of benzene rings is 1. The number of hydrogen-bond donors (Lipinski definition) is 2. The van der Waals surface area contributed by atoms with Crippen LogP contribution in [0.4, 0.5) is 11.5 Å². The second-order valence-corrected chi connectivity index (χ2v) is 8.47. The SMILES string of the molecule is COC1CC(CNc2ccc3c(=O)c4ccc(C)c(N(C)C)c4n(CC(=O)O)c3n2)C1. The zero-order valence-corrected chi connectivity index (χ0v) is 18.3. The van der Waals surface area contributed by atoms with E-state index in [0.717, 1.165) is 30.6 Å². The number of aryl methyl sites for hydroxylation is 1. The fourth-order valence-electron chi connectivity index (χ4n) is 4.45. The van der Waals surface area contributed by atoms with Crippen molar-refractivity contribution >= 4 is 39.4 Å². The smallest absolute Gasteiger partial charge is 0.323 e. The van der Waals surface area contributed by atoms with Crippen molar-refractivity contribution in [2.75, 3.05) is 38.0 Å². The minimum absolute atomic E-state index is 0.143. The number of carboxylic acid groups (broad SMARTS) is 1. The van der Waals surface area contributed by atoms with Crippen molar-refractivity contribution in [2.45, 2.75) is 32.4 Å². The van der Waals surface area contributed by atoms with Crippen LogP contribution in [0.25, 0.3) is 21.9 Å². The molecule has 3 aromatic rings. The van der Waals surface area contributed by atoms with Gasteiger partial charge in [-0.2, -0.15) is 0 Å². The lowest BCUT2D eigenvalue weighted by atomic mass is 9.82. The van der Waals surface area contributed by atoms with E-state index in [1.165, 1.54) is 0 Å². The summed E-state index contributed by atoms with van der Waals surface area (Å²) in [5.74, 6) is 0.159. The van der Waals surface area contributed by atoms with Gasteiger partial charge in [-0.3, -0.25) is 9.59 Å². The molecule has 0 radical (unpaired) electrons. The molecule has 8 heteroatoms. The van der Waals surface area contributed by atoms with E-state index in [0.29, 0.717) is 39.8 Å². The molecule has 1 aliphatic carbocycles. The molecule has 2 N–H and O–H groups in total. The molecule has 1 saturated carbocycles. The number of hydrogen-bond acceptors (Lipinski definition) is 6. The average Bonchev–Trinajstić information content (AvgIpc) is 2.69. The minimum atomic E-state index is -0.988. The Hall–Kier alpha value is -3.13. The normalized spacial score (nSPS) is 18.2. The van der Waals surface area contributed by atoms with E-state index >= 15 is 0 Å². The van der Waals surface area contributed by atoms with E-state index in [4.69, 9.17) is 4.74 Å². The van der Waals surface area contributed by atoms with Gasteiger partial charge in [0.15, 0.2) is 5.43 Å². The average molecular weight is 425 g/mol. The molecule has 0 saturated heterocycles. The maximum atomic E-state index is 13.3. The number of aliphatic carboxylic acids is 1. The summed E-state index contributed by atoms with van der Waals surface area (Å²) in [4.78, 5) is 31.6. The highest BCUT2D eigenvalue weighted by atomic mass is 16.5. The molecule has 0 bridgehead atoms. The Kier molecular flexibility index (Phi) is 5.58. The maximum Gasteiger partial charge on any atom is 0.323 e. The van der Waals surface area contributed by atoms with Crippen LogP contribution in [0.5, 0.6) is 0 Å². The highest BCUT2D eigenvalue weighted by Crippen LogP contribution is 2.32. The number of pyridine rings is 2. The van der Waals surface area contributed by atoms with Gasteiger partial charge in [0, 0.05) is 33.1 Å². The van der Waals surface area contributed by atoms with Crippen LogP contribution in [-0.2, 0) is 16.1 Å². The van der Waals surface area contributed by atoms with Crippen LogP contribution < -0.4 is 15.6 Å². The first-order valence-electron chi connectivity index (χ1n) is 10.4. The molecule has 4 rings (SSSR count). The summed E-state index contributed by atoms with van der Waals surface area (Å²) in [5, 5.41) is 13.9. The number of anilines is 2. The highest BCUT2D eigenvalue weighted by Gasteiger charge is 2.28. The molecule has 31 heavy (non-hydrogen) atoms. The van der Waals surface area contributed by atoms with Gasteiger partial charge in [0.2, 0.25) is 0 Å². The molecule has 1 aromatic carbocycles. The molecular weight excluding hydrogens is 396 g/mol. The van der Waals surface area contributed by atoms with E-state index < -0.39 is 5.97 Å². The van der Waals surface area contributed by atoms with Gasteiger partial charge in [-0.05, 0) is 49.4 Å². The van der Waals surface area contributed by atoms with Crippen LogP contribution in [0.2, 0.25) is 0 Å². The van der Waals surface area contributed by atoms with Crippen molar-refractivity contribution in [2.24, 2.45) is 5.92 Å². The summed E-state index contributed by atoms with van der Waals surface area (Å²) in [5.41, 5.74) is 2.61. The van der Waals surface area contributed by atoms with E-state index in [1.807, 2.05) is 32.0 Å². The van der Waals surface area contributed by atoms with Crippen LogP contribution in [0.3, 0.4) is 0 Å². The molecule has 0 amide bonds. The van der Waals surface area contributed by atoms with Crippen LogP contribution in [0, 0.1) is 12.8 Å². The van der Waals surface area contributed by atoms with Crippen molar-refractivity contribution < 1.29 is 14.6 Å². The zero-order chi connectivity index (χ0) is 22.3. The summed E-state index contributed by atoms with van der Waals surface area (Å²) in [6.45, 7) is 2.43. The quantitative estimate of drug-likeness (QED) is 0.563. The number of methoxy groups -OCH3 is 1. The Labute approximate surface area is 180 Å². The van der Waals surface area contributed by atoms with Gasteiger partial charge in [-0.1, -0.05) is 6.07 Å². The number of ether oxygens (including phenoxy) is 1. The largest absolute Gasteiger partial charge is 0.480 e. The lowest BCUT2D eigenvalue weighted by Crippen LogP contribution is -2.34. The summed E-state index contributed by atoms with van der Waals surface area (Å²) >= 11 is 0. The maximum absolute atomic E-state index is 13.3. The number of rotatable bonds is 7. The van der Waals surface area contributed by atoms with E-state index in [-0.39, 0.29) is 12.0 Å². The third kappa shape index (κ3) is 3.83. The van der Waals surface area contributed by atoms with Gasteiger partial charge >= 0.3 is 5.97 Å². The second-order valence-electron chi connectivity index (χ2n) is 8.47. The molecule has 2 aromatic heterocycles. The van der Waals surface area contributed by atoms with Crippen LogP contribution >= 0.6 is 0 Å². The first kappa shape index (κ1) is 21.1. The number of carboxylic acids is 1. The zero-order valence-electron chi connectivity index (χ0n) is 18.3. The Morgan fingerprint density at radius 2 is 1.97 bits per heavy atom. The van der Waals surface area contributed by atoms with E-state index in [9.17, 15) is 14.7 Å². The minimum Gasteiger partial charge on any atom is -0.480 e. The summed E-state index contributed by atoms with van der Waals surface area (Å²) in [6, 6.07) is 7.19. The third-order valence-electron chi connectivity index (χ3n) is 6.08. The van der Waals surface area contributed by atoms with Crippen molar-refractivity contribution in [1.29, 1.82) is 0 Å². The standard InChI is InChI=1S/C23H28N4O4/c1-13-5-6-16-21(20(13)26(2)3)27(12-19(28)29)23-17(22(16)30)7-8-18(25-23)24-11-14-9-15(10-14)31-4/h5-8,14-15H,9-12H2,1-4H3,(H,24,25)(H,28,29). The van der Waals surface area contributed by atoms with Crippen molar-refractivity contribution in [3.8, 4) is 0 Å². The molecule has 8 nitrogen and oxygen atoms in total. The monoisotopic (exact) mass is 424 g/mol. The van der Waals surface area contributed by atoms with Gasteiger partial charge in [0.1, 0.15) is 18.0 Å². The number of aromatic nitrogens is 2. The van der Waals surface area contributed by atoms with Gasteiger partial charge in [-0.15, -0.1) is 0 Å². The predicted molar refractivity (Wildman–Crippen MR) is 122 cm³/mol. The fraction of sp³-hybridized carbons (Fsp3) is 0.435. The Bertz CT molecular complexity index is 1210. The summed E-state index contributed by atoms with van der Waals surface area (Å²) in [6.07, 6.45) is 2.35. The summed E-state index contributed by atoms with van der Waals surface area (Å²) < 4.78 is 6.98. The lowest BCUT2D eigenvalue weighted by Gasteiger charge is -2.34. The molecule has 0 unspecified atom stereocenters. The van der Waals surface area contributed by atoms with Crippen molar-refractivity contribution in [1.82, 2.24) is 9.55 Å². The summed E-state index contributed by atoms with van der Waals surface area (Å²) in [7, 11) is 5.51. The topological polar surface area (TPSA) is 96.7 Å². The van der Waals surface area contributed by atoms with E-state index in [1.54, 1.807) is 29.9 Å². The van der Waals surface area contributed by atoms with Crippen molar-refractivity contribution in [3.63, 3.8) is 0 Å². The molecule has 0 atom stereocenters. The molecule has 1 aliphatic rings. The number of nitrogens with one attached hydrogen (secondary N) is 1. The molecular formula is C23H28N4O4. The highest BCUT2D eigenvalue weighted by molar-refractivity contribution is 6.00. The lowest BCUT2D eigenvalue weighted by molar-refractivity contribution is -0.137. The number of nitrogens with zero attached hydrogens (tertiary/aromatic N) is 3. The molecule has 0 aliphatic heterocycles. The first-order chi connectivity index (χ1) is 14.8. The number of carbonyl (C=O) groups is 1. The Balaban J connectivity index is 1.86. The Morgan fingerprint density at radius 3 is 2.61 bits per heavy atom. The van der Waals surface area contributed by atoms with Crippen LogP contribution in [-0.4, -0.2) is 54.5 Å². The van der Waals surface area contributed by atoms with Crippen LogP contribution in [0.1, 0.15) is 18.4 Å². The third-order valence-corrected chi connectivity index (χ3v) is 6.08. The second kappa shape index (κ2) is 8.19. The van der Waals surface area contributed by atoms with Gasteiger partial charge in [0.05, 0.1) is 22.7 Å². The van der Waals surface area contributed by atoms with Gasteiger partial charge in [-0.25, -0.2) is 4.98 Å². The molecule has 0 spiro atoms. The van der Waals surface area contributed by atoms with Gasteiger partial charge < -0.3 is 24.6 Å².